The molecule has 0 aliphatic carbocycles. The molecule has 1 heterocycles. The van der Waals surface area contributed by atoms with Crippen LogP contribution in [0.2, 0.25) is 0 Å². The number of nitrogens with one attached hydrogen (secondary N) is 3. The number of carbonyl (C=O) groups excluding carboxylic acids is 1. The second kappa shape index (κ2) is 7.07. The fraction of sp³-hybridized carbons (Fsp3) is 0.154. The van der Waals surface area contributed by atoms with E-state index in [9.17, 15) is 18.8 Å². The Labute approximate surface area is 123 Å². The number of hydrazone groups is 1. The average Bonchev–Trinajstić information content (AvgIpc) is 2.48. The van der Waals surface area contributed by atoms with Crippen molar-refractivity contribution in [3.8, 4) is 0 Å². The lowest BCUT2D eigenvalue weighted by Gasteiger charge is -1.99. The number of hydrogen-bond donors (Lipinski definition) is 3. The number of hydrogen-bond acceptors (Lipinski definition) is 5. The first kappa shape index (κ1) is 15.3. The predicted molar refractivity (Wildman–Crippen MR) is 75.9 cm³/mol. The fourth-order valence-corrected chi connectivity index (χ4v) is 1.56. The quantitative estimate of drug-likeness (QED) is 0.518. The third-order valence-corrected chi connectivity index (χ3v) is 2.64. The minimum atomic E-state index is -0.706. The third-order valence-electron chi connectivity index (χ3n) is 2.64. The molecule has 0 atom stereocenters. The van der Waals surface area contributed by atoms with Gasteiger partial charge < -0.3 is 0 Å². The monoisotopic (exact) mass is 305 g/mol. The molecule has 0 bridgehead atoms. The average molecular weight is 305 g/mol. The minimum Gasteiger partial charge on any atom is -0.273 e. The molecule has 8 nitrogen and oxygen atoms in total. The lowest BCUT2D eigenvalue weighted by Crippen LogP contribution is -2.28. The van der Waals surface area contributed by atoms with Gasteiger partial charge in [0, 0.05) is 12.8 Å². The normalized spacial score (nSPS) is 10.8. The Morgan fingerprint density at radius 2 is 2.05 bits per heavy atom. The van der Waals surface area contributed by atoms with Gasteiger partial charge >= 0.3 is 5.69 Å². The Morgan fingerprint density at radius 3 is 2.73 bits per heavy atom. The Bertz CT molecular complexity index is 794. The number of benzene rings is 1. The van der Waals surface area contributed by atoms with E-state index < -0.39 is 17.2 Å². The smallest absolute Gasteiger partial charge is 0.273 e. The van der Waals surface area contributed by atoms with Crippen molar-refractivity contribution in [2.45, 2.75) is 12.8 Å². The number of nitrogens with zero attached hydrogens (tertiary/aromatic N) is 2. The molecule has 0 aliphatic rings. The van der Waals surface area contributed by atoms with Gasteiger partial charge in [0.05, 0.1) is 6.21 Å². The highest BCUT2D eigenvalue weighted by molar-refractivity contribution is 5.82. The van der Waals surface area contributed by atoms with Crippen LogP contribution in [0.15, 0.2) is 39.0 Å². The van der Waals surface area contributed by atoms with Crippen LogP contribution in [0.4, 0.5) is 4.39 Å². The van der Waals surface area contributed by atoms with Gasteiger partial charge in [-0.1, -0.05) is 12.1 Å². The number of aromatic amines is 2. The van der Waals surface area contributed by atoms with Crippen molar-refractivity contribution in [1.82, 2.24) is 20.6 Å². The van der Waals surface area contributed by atoms with Crippen molar-refractivity contribution >= 4 is 12.1 Å². The van der Waals surface area contributed by atoms with Gasteiger partial charge in [0.25, 0.3) is 5.56 Å². The van der Waals surface area contributed by atoms with Gasteiger partial charge in [-0.2, -0.15) is 10.2 Å². The molecule has 22 heavy (non-hydrogen) atoms. The van der Waals surface area contributed by atoms with Crippen molar-refractivity contribution in [2.24, 2.45) is 5.10 Å². The molecule has 0 aliphatic heterocycles. The van der Waals surface area contributed by atoms with Crippen LogP contribution < -0.4 is 16.7 Å². The zero-order valence-corrected chi connectivity index (χ0v) is 11.3. The van der Waals surface area contributed by atoms with E-state index >= 15 is 0 Å². The molecular weight excluding hydrogens is 293 g/mol. The summed E-state index contributed by atoms with van der Waals surface area (Å²) in [6.07, 6.45) is 1.40. The molecule has 0 unspecified atom stereocenters. The predicted octanol–water partition coefficient (Wildman–Crippen LogP) is -0.320. The van der Waals surface area contributed by atoms with Crippen LogP contribution >= 0.6 is 0 Å². The van der Waals surface area contributed by atoms with E-state index in [1.807, 2.05) is 4.98 Å². The summed E-state index contributed by atoms with van der Waals surface area (Å²) in [5.74, 6) is -0.787. The molecule has 1 aromatic carbocycles. The Balaban J connectivity index is 1.84. The molecule has 2 rings (SSSR count). The summed E-state index contributed by atoms with van der Waals surface area (Å²) in [5, 5.41) is 9.34. The lowest BCUT2D eigenvalue weighted by atomic mass is 10.2. The molecule has 0 saturated heterocycles. The molecule has 1 aromatic heterocycles. The number of H-pyrrole nitrogens is 2. The highest BCUT2D eigenvalue weighted by Gasteiger charge is 2.06. The van der Waals surface area contributed by atoms with Crippen LogP contribution in [-0.4, -0.2) is 27.3 Å². The van der Waals surface area contributed by atoms with Crippen LogP contribution in [0.5, 0.6) is 0 Å². The van der Waals surface area contributed by atoms with E-state index in [1.165, 1.54) is 30.5 Å². The fourth-order valence-electron chi connectivity index (χ4n) is 1.56. The van der Waals surface area contributed by atoms with Gasteiger partial charge in [-0.3, -0.25) is 14.6 Å². The van der Waals surface area contributed by atoms with Crippen molar-refractivity contribution < 1.29 is 9.18 Å². The second-order valence-electron chi connectivity index (χ2n) is 4.30. The number of rotatable bonds is 5. The van der Waals surface area contributed by atoms with Crippen molar-refractivity contribution in [1.29, 1.82) is 0 Å². The van der Waals surface area contributed by atoms with Gasteiger partial charge in [0.1, 0.15) is 11.5 Å². The number of carbonyl (C=O) groups is 1. The van der Waals surface area contributed by atoms with Gasteiger partial charge in [0.15, 0.2) is 0 Å². The van der Waals surface area contributed by atoms with E-state index in [0.29, 0.717) is 5.56 Å². The molecule has 3 N–H and O–H groups in total. The zero-order chi connectivity index (χ0) is 15.9. The van der Waals surface area contributed by atoms with Crippen LogP contribution in [0.1, 0.15) is 17.7 Å². The van der Waals surface area contributed by atoms with Crippen molar-refractivity contribution in [2.75, 3.05) is 0 Å². The standard InChI is InChI=1S/C13H12FN5O3/c14-9-3-1-8(2-4-9)7-15-18-11(20)6-5-10-12(21)16-13(22)19-17-10/h1-4,7H,5-6H2,(H,18,20)(H2,16,19,21,22)/b15-7-. The maximum Gasteiger partial charge on any atom is 0.342 e. The van der Waals surface area contributed by atoms with Gasteiger partial charge in [-0.05, 0) is 17.7 Å². The topological polar surface area (TPSA) is 120 Å². The summed E-state index contributed by atoms with van der Waals surface area (Å²) < 4.78 is 12.7. The summed E-state index contributed by atoms with van der Waals surface area (Å²) >= 11 is 0. The van der Waals surface area contributed by atoms with E-state index in [4.69, 9.17) is 0 Å². The van der Waals surface area contributed by atoms with Crippen molar-refractivity contribution in [3.05, 3.63) is 62.2 Å². The number of aryl methyl sites for hydroxylation is 1. The van der Waals surface area contributed by atoms with E-state index in [0.717, 1.165) is 0 Å². The van der Waals surface area contributed by atoms with Crippen molar-refractivity contribution in [3.63, 3.8) is 0 Å². The van der Waals surface area contributed by atoms with Gasteiger partial charge in [-0.25, -0.2) is 19.7 Å². The Morgan fingerprint density at radius 1 is 1.32 bits per heavy atom. The summed E-state index contributed by atoms with van der Waals surface area (Å²) in [7, 11) is 0. The van der Waals surface area contributed by atoms with Gasteiger partial charge in [-0.15, -0.1) is 0 Å². The molecule has 0 saturated carbocycles. The first-order valence-corrected chi connectivity index (χ1v) is 6.30. The number of amides is 1. The summed E-state index contributed by atoms with van der Waals surface area (Å²) in [6.45, 7) is 0. The first-order chi connectivity index (χ1) is 10.5. The number of aromatic nitrogens is 3. The molecule has 114 valence electrons. The van der Waals surface area contributed by atoms with Crippen LogP contribution in [0.25, 0.3) is 0 Å². The summed E-state index contributed by atoms with van der Waals surface area (Å²) in [6, 6.07) is 5.57. The van der Waals surface area contributed by atoms with Crippen LogP contribution in [0.3, 0.4) is 0 Å². The molecule has 0 radical (unpaired) electrons. The van der Waals surface area contributed by atoms with E-state index in [-0.39, 0.29) is 24.4 Å². The molecule has 2 aromatic rings. The largest absolute Gasteiger partial charge is 0.342 e. The van der Waals surface area contributed by atoms with Crippen LogP contribution in [-0.2, 0) is 11.2 Å². The molecule has 0 fully saturated rings. The summed E-state index contributed by atoms with van der Waals surface area (Å²) in [5.41, 5.74) is 1.61. The van der Waals surface area contributed by atoms with E-state index in [2.05, 4.69) is 20.7 Å². The Kier molecular flexibility index (Phi) is 4.91. The lowest BCUT2D eigenvalue weighted by molar-refractivity contribution is -0.121. The van der Waals surface area contributed by atoms with Gasteiger partial charge in [0.2, 0.25) is 5.91 Å². The SMILES string of the molecule is O=C(CCc1n[nH]c(=O)[nH]c1=O)N/N=C\c1ccc(F)cc1. The Hall–Kier alpha value is -3.10. The third kappa shape index (κ3) is 4.47. The highest BCUT2D eigenvalue weighted by atomic mass is 19.1. The summed E-state index contributed by atoms with van der Waals surface area (Å²) in [4.78, 5) is 35.7. The molecule has 9 heteroatoms. The first-order valence-electron chi connectivity index (χ1n) is 6.30. The van der Waals surface area contributed by atoms with E-state index in [1.54, 1.807) is 0 Å². The second-order valence-corrected chi connectivity index (χ2v) is 4.30. The highest BCUT2D eigenvalue weighted by Crippen LogP contribution is 1.99. The molecular formula is C13H12FN5O3. The molecule has 0 spiro atoms. The number of halogens is 1. The zero-order valence-electron chi connectivity index (χ0n) is 11.3. The minimum absolute atomic E-state index is 0.0249. The maximum atomic E-state index is 12.7. The molecule has 1 amide bonds. The van der Waals surface area contributed by atoms with Crippen LogP contribution in [0, 0.1) is 5.82 Å². The maximum absolute atomic E-state index is 12.7.